The summed E-state index contributed by atoms with van der Waals surface area (Å²) < 4.78 is 34.3. The summed E-state index contributed by atoms with van der Waals surface area (Å²) in [6, 6.07) is 26.3. The molecule has 29 heteroatoms. The Kier molecular flexibility index (Phi) is 20.0. The first-order valence-corrected chi connectivity index (χ1v) is 36.8. The number of amides is 3. The van der Waals surface area contributed by atoms with E-state index in [0.717, 1.165) is 128 Å². The van der Waals surface area contributed by atoms with Crippen LogP contribution in [0.1, 0.15) is 114 Å². The lowest BCUT2D eigenvalue weighted by atomic mass is 9.96. The molecule has 1 aromatic carbocycles. The Hall–Kier alpha value is -11.7. The summed E-state index contributed by atoms with van der Waals surface area (Å²) in [6.45, 7) is 10.6. The lowest BCUT2D eigenvalue weighted by Crippen LogP contribution is -2.52. The first-order valence-electron chi connectivity index (χ1n) is 36.8. The number of carbonyl (C=O) groups excluding carboxylic acids is 3. The minimum atomic E-state index is -0.946. The SMILES string of the molecule is CN(C)Cc1nc(Nc2cnc(-c3ccnc4[nH]ccc34)c3c2C(=O)NC3)ccc1[C@H]1CCOC1.CN(C)Cc1nc(Nc2cnc(-c3ccnc4c3ccn4C)c3c2C(=O)NC3)ccc1N1CCO[C@H](C(C)(C)O)C1.O=C1NCc2c(-c3cnc4cc(F)ccn34)ccc(Nc3ccc(C4CCOC4)c(CO)n3)c21. The molecule has 17 heterocycles. The molecule has 3 saturated heterocycles. The number of anilines is 7. The van der Waals surface area contributed by atoms with Gasteiger partial charge in [-0.3, -0.25) is 28.8 Å². The number of aromatic amines is 1. The number of morpholine rings is 1. The predicted molar refractivity (Wildman–Crippen MR) is 415 cm³/mol. The first kappa shape index (κ1) is 72.5. The van der Waals surface area contributed by atoms with E-state index in [1.165, 1.54) is 17.7 Å². The number of hydrogen-bond acceptors (Lipinski definition) is 22. The molecular weight excluding hydrogens is 1400 g/mol. The number of carbonyl (C=O) groups is 3. The fraction of sp³-hybridized carbons (Fsp3) is 0.321. The number of halogens is 1. The molecular formula is C81H85FN20O8. The Labute approximate surface area is 632 Å². The molecule has 6 aliphatic rings. The van der Waals surface area contributed by atoms with Crippen LogP contribution in [-0.2, 0) is 60.6 Å². The zero-order valence-electron chi connectivity index (χ0n) is 62.1. The molecule has 110 heavy (non-hydrogen) atoms. The average molecular weight is 1490 g/mol. The van der Waals surface area contributed by atoms with Gasteiger partial charge in [0.2, 0.25) is 0 Å². The van der Waals surface area contributed by atoms with Crippen molar-refractivity contribution in [2.24, 2.45) is 7.05 Å². The smallest absolute Gasteiger partial charge is 0.254 e. The maximum Gasteiger partial charge on any atom is 0.254 e. The van der Waals surface area contributed by atoms with Gasteiger partial charge < -0.3 is 80.6 Å². The van der Waals surface area contributed by atoms with Gasteiger partial charge in [-0.2, -0.15) is 0 Å². The number of pyridine rings is 8. The molecule has 1 unspecified atom stereocenters. The van der Waals surface area contributed by atoms with Crippen molar-refractivity contribution < 1.29 is 43.2 Å². The second-order valence-electron chi connectivity index (χ2n) is 29.4. The number of rotatable bonds is 18. The Morgan fingerprint density at radius 2 is 1.19 bits per heavy atom. The van der Waals surface area contributed by atoms with Gasteiger partial charge in [0.15, 0.2) is 0 Å². The van der Waals surface area contributed by atoms with E-state index in [4.69, 9.17) is 34.1 Å². The summed E-state index contributed by atoms with van der Waals surface area (Å²) in [5.41, 5.74) is 18.2. The van der Waals surface area contributed by atoms with Crippen LogP contribution in [0.15, 0.2) is 135 Å². The van der Waals surface area contributed by atoms with Crippen LogP contribution in [0.5, 0.6) is 0 Å². The van der Waals surface area contributed by atoms with Crippen LogP contribution in [0.4, 0.5) is 44.6 Å². The molecule has 0 aliphatic carbocycles. The Morgan fingerprint density at radius 3 is 1.82 bits per heavy atom. The van der Waals surface area contributed by atoms with Crippen molar-refractivity contribution in [3.8, 4) is 33.8 Å². The molecule has 6 aliphatic heterocycles. The van der Waals surface area contributed by atoms with Crippen molar-refractivity contribution in [2.45, 2.75) is 89.6 Å². The number of aliphatic hydroxyl groups is 2. The van der Waals surface area contributed by atoms with Gasteiger partial charge >= 0.3 is 0 Å². The number of hydrogen-bond donors (Lipinski definition) is 9. The van der Waals surface area contributed by atoms with E-state index in [-0.39, 0.29) is 42.2 Å². The van der Waals surface area contributed by atoms with Crippen LogP contribution < -0.4 is 36.8 Å². The molecule has 12 aromatic rings. The van der Waals surface area contributed by atoms with Gasteiger partial charge in [-0.1, -0.05) is 18.2 Å². The highest BCUT2D eigenvalue weighted by atomic mass is 19.1. The van der Waals surface area contributed by atoms with Crippen LogP contribution in [0.25, 0.3) is 61.5 Å². The average Bonchev–Trinajstić information content (AvgIpc) is 1.70. The normalized spacial score (nSPS) is 17.3. The van der Waals surface area contributed by atoms with Crippen molar-refractivity contribution in [2.75, 3.05) is 95.2 Å². The second-order valence-corrected chi connectivity index (χ2v) is 29.4. The standard InChI is InChI=1S/C30H36N8O3.C26H27N7O2.C25H22FN5O3/c1-30(2,40)24-17-38(12-13-41-24)23-6-7-25(35-22(23)16-36(3)4)34-21-15-32-27(20-14-33-29(39)26(20)21)18-8-10-31-28-19(18)9-11-37(28)5;1-33(2)13-21-16(15-7-10-35-14-15)3-4-22(32-21)31-20-12-29-24(19-11-30-26(34)23(19)20)17-5-8-27-25-18(17)6-9-28-25;26-15-5-7-31-21(11-27-23(31)9-15)17-1-3-19(24-18(17)10-28-25(24)33)29-22-4-2-16(20(12-32)30-22)14-6-8-34-13-14/h6-11,15,24,40H,12-14,16-17H2,1-5H3,(H,33,39)(H,34,35);3-6,8-9,12,15H,7,10-11,13-14H2,1-2H3,(H,27,28)(H,30,34)(H,31,32);1-5,7,9,11,14,32H,6,8,10,12-13H2,(H,28,33)(H,29,30)/t24-;15-;/m00./s1. The van der Waals surface area contributed by atoms with Gasteiger partial charge in [-0.25, -0.2) is 34.3 Å². The number of aromatic nitrogens is 11. The Bertz CT molecular complexity index is 5550. The molecule has 0 saturated carbocycles. The molecule has 11 aromatic heterocycles. The summed E-state index contributed by atoms with van der Waals surface area (Å²) in [6.07, 6.45) is 15.7. The number of fused-ring (bicyclic) bond motifs is 6. The number of imidazole rings is 1. The maximum atomic E-state index is 13.6. The van der Waals surface area contributed by atoms with Crippen LogP contribution in [-0.4, -0.2) is 178 Å². The zero-order valence-corrected chi connectivity index (χ0v) is 62.1. The molecule has 564 valence electrons. The van der Waals surface area contributed by atoms with Crippen LogP contribution in [0, 0.1) is 5.82 Å². The van der Waals surface area contributed by atoms with E-state index in [2.05, 4.69) is 77.6 Å². The maximum absolute atomic E-state index is 13.6. The van der Waals surface area contributed by atoms with Gasteiger partial charge in [0.05, 0.1) is 124 Å². The lowest BCUT2D eigenvalue weighted by molar-refractivity contribution is -0.0928. The van der Waals surface area contributed by atoms with Gasteiger partial charge in [0, 0.05) is 154 Å². The summed E-state index contributed by atoms with van der Waals surface area (Å²) >= 11 is 0. The highest BCUT2D eigenvalue weighted by molar-refractivity contribution is 6.09. The summed E-state index contributed by atoms with van der Waals surface area (Å²) in [7, 11) is 10.1. The molecule has 3 amide bonds. The first-order chi connectivity index (χ1) is 53.3. The Balaban J connectivity index is 0.000000126. The van der Waals surface area contributed by atoms with E-state index in [0.29, 0.717) is 128 Å². The van der Waals surface area contributed by atoms with Gasteiger partial charge in [-0.05, 0) is 132 Å². The van der Waals surface area contributed by atoms with Crippen molar-refractivity contribution in [3.05, 3.63) is 202 Å². The molecule has 0 spiro atoms. The van der Waals surface area contributed by atoms with Crippen LogP contribution >= 0.6 is 0 Å². The molecule has 0 radical (unpaired) electrons. The molecule has 9 N–H and O–H groups in total. The minimum absolute atomic E-state index is 0.112. The number of H-pyrrole nitrogens is 1. The number of aliphatic hydroxyl groups excluding tert-OH is 1. The Morgan fingerprint density at radius 1 is 0.609 bits per heavy atom. The fourth-order valence-corrected chi connectivity index (χ4v) is 15.5. The van der Waals surface area contributed by atoms with E-state index >= 15 is 0 Å². The highest BCUT2D eigenvalue weighted by Gasteiger charge is 2.36. The predicted octanol–water partition coefficient (Wildman–Crippen LogP) is 10.1. The number of benzene rings is 1. The van der Waals surface area contributed by atoms with E-state index in [1.54, 1.807) is 55.4 Å². The van der Waals surface area contributed by atoms with Crippen molar-refractivity contribution >= 4 is 85.6 Å². The molecule has 28 nitrogen and oxygen atoms in total. The fourth-order valence-electron chi connectivity index (χ4n) is 15.5. The van der Waals surface area contributed by atoms with E-state index in [9.17, 15) is 29.0 Å². The summed E-state index contributed by atoms with van der Waals surface area (Å²) in [4.78, 5) is 85.6. The van der Waals surface area contributed by atoms with Crippen LogP contribution in [0.3, 0.4) is 0 Å². The quantitative estimate of drug-likeness (QED) is 0.0385. The van der Waals surface area contributed by atoms with Gasteiger partial charge in [0.25, 0.3) is 17.7 Å². The topological polar surface area (TPSA) is 330 Å². The largest absolute Gasteiger partial charge is 0.390 e. The van der Waals surface area contributed by atoms with E-state index in [1.807, 2.05) is 119 Å². The minimum Gasteiger partial charge on any atom is -0.390 e. The van der Waals surface area contributed by atoms with E-state index < -0.39 is 5.60 Å². The molecule has 18 rings (SSSR count). The monoisotopic (exact) mass is 1480 g/mol. The third-order valence-electron chi connectivity index (χ3n) is 20.9. The number of ether oxygens (including phenoxy) is 3. The zero-order chi connectivity index (χ0) is 76.1. The molecule has 3 fully saturated rings. The highest BCUT2D eigenvalue weighted by Crippen LogP contribution is 2.41. The van der Waals surface area contributed by atoms with Crippen molar-refractivity contribution in [1.82, 2.24) is 79.6 Å². The lowest BCUT2D eigenvalue weighted by Gasteiger charge is -2.40. The third kappa shape index (κ3) is 14.4. The summed E-state index contributed by atoms with van der Waals surface area (Å²) in [5.74, 6) is 1.69. The molecule has 3 atom stereocenters. The van der Waals surface area contributed by atoms with Crippen LogP contribution in [0.2, 0.25) is 0 Å². The second kappa shape index (κ2) is 30.4. The third-order valence-corrected chi connectivity index (χ3v) is 20.9. The van der Waals surface area contributed by atoms with Gasteiger partial charge in [0.1, 0.15) is 46.3 Å². The van der Waals surface area contributed by atoms with Crippen molar-refractivity contribution in [1.29, 1.82) is 0 Å². The molecule has 0 bridgehead atoms. The number of nitrogens with one attached hydrogen (secondary N) is 7. The number of aryl methyl sites for hydroxylation is 1. The van der Waals surface area contributed by atoms with Gasteiger partial charge in [-0.15, -0.1) is 0 Å². The summed E-state index contributed by atoms with van der Waals surface area (Å²) in [5, 5.41) is 41.2. The van der Waals surface area contributed by atoms with Crippen molar-refractivity contribution in [3.63, 3.8) is 0 Å². The number of nitrogens with zero attached hydrogens (tertiary/aromatic N) is 13.